The van der Waals surface area contributed by atoms with Crippen molar-refractivity contribution in [3.8, 4) is 0 Å². The number of carbonyl (C=O) groups excluding carboxylic acids is 1. The predicted molar refractivity (Wildman–Crippen MR) is 107 cm³/mol. The first-order valence-corrected chi connectivity index (χ1v) is 9.73. The minimum atomic E-state index is 0.0653. The van der Waals surface area contributed by atoms with E-state index in [1.54, 1.807) is 6.07 Å². The van der Waals surface area contributed by atoms with Gasteiger partial charge in [0.1, 0.15) is 0 Å². The number of benzene rings is 2. The van der Waals surface area contributed by atoms with Gasteiger partial charge in [0, 0.05) is 22.6 Å². The number of carbonyl (C=O) groups is 1. The fourth-order valence-corrected chi connectivity index (χ4v) is 3.63. The Hall–Kier alpha value is -1.36. The van der Waals surface area contributed by atoms with Gasteiger partial charge in [-0.3, -0.25) is 9.69 Å². The fourth-order valence-electron chi connectivity index (χ4n) is 3.20. The summed E-state index contributed by atoms with van der Waals surface area (Å²) in [6, 6.07) is 14.0. The number of hydrogen-bond donors (Lipinski definition) is 1. The third-order valence-electron chi connectivity index (χ3n) is 4.80. The average molecular weight is 422 g/mol. The number of piperidine rings is 1. The number of amides is 1. The largest absolute Gasteiger partial charge is 0.326 e. The number of hydrogen-bond acceptors (Lipinski definition) is 2. The first kappa shape index (κ1) is 18.4. The van der Waals surface area contributed by atoms with E-state index in [1.165, 1.54) is 11.1 Å². The van der Waals surface area contributed by atoms with Crippen LogP contribution in [0.1, 0.15) is 24.0 Å². The zero-order chi connectivity index (χ0) is 17.8. The maximum atomic E-state index is 12.5. The van der Waals surface area contributed by atoms with E-state index in [0.29, 0.717) is 5.02 Å². The molecule has 1 aliphatic heterocycles. The quantitative estimate of drug-likeness (QED) is 0.730. The predicted octanol–water partition coefficient (Wildman–Crippen LogP) is 5.26. The first-order valence-electron chi connectivity index (χ1n) is 8.55. The van der Waals surface area contributed by atoms with Gasteiger partial charge in [0.25, 0.3) is 0 Å². The number of aryl methyl sites for hydroxylation is 1. The number of anilines is 1. The Labute approximate surface area is 162 Å². The van der Waals surface area contributed by atoms with E-state index in [1.807, 2.05) is 12.1 Å². The standard InChI is InChI=1S/C20H22BrClN2O/c1-14-4-2-3-5-16(14)13-24-10-8-15(9-11-24)20(25)23-17-6-7-18(21)19(22)12-17/h2-7,12,15H,8-11,13H2,1H3,(H,23,25). The van der Waals surface area contributed by atoms with Gasteiger partial charge in [-0.05, 0) is 78.1 Å². The highest BCUT2D eigenvalue weighted by Gasteiger charge is 2.25. The van der Waals surface area contributed by atoms with E-state index in [4.69, 9.17) is 11.6 Å². The van der Waals surface area contributed by atoms with Crippen LogP contribution in [0.5, 0.6) is 0 Å². The summed E-state index contributed by atoms with van der Waals surface area (Å²) in [6.45, 7) is 5.02. The van der Waals surface area contributed by atoms with Crippen LogP contribution in [-0.2, 0) is 11.3 Å². The molecule has 0 spiro atoms. The lowest BCUT2D eigenvalue weighted by molar-refractivity contribution is -0.121. The molecule has 0 radical (unpaired) electrons. The molecule has 0 aliphatic carbocycles. The van der Waals surface area contributed by atoms with Crippen molar-refractivity contribution in [2.45, 2.75) is 26.3 Å². The molecule has 1 aliphatic rings. The van der Waals surface area contributed by atoms with Crippen LogP contribution in [0.2, 0.25) is 5.02 Å². The van der Waals surface area contributed by atoms with Gasteiger partial charge in [-0.2, -0.15) is 0 Å². The molecule has 2 aromatic rings. The second-order valence-electron chi connectivity index (χ2n) is 6.60. The van der Waals surface area contributed by atoms with Crippen molar-refractivity contribution < 1.29 is 4.79 Å². The van der Waals surface area contributed by atoms with Gasteiger partial charge in [0.15, 0.2) is 0 Å². The van der Waals surface area contributed by atoms with Gasteiger partial charge in [-0.25, -0.2) is 0 Å². The monoisotopic (exact) mass is 420 g/mol. The number of rotatable bonds is 4. The molecule has 1 heterocycles. The summed E-state index contributed by atoms with van der Waals surface area (Å²) >= 11 is 9.45. The summed E-state index contributed by atoms with van der Waals surface area (Å²) in [4.78, 5) is 14.9. The molecule has 1 N–H and O–H groups in total. The lowest BCUT2D eigenvalue weighted by atomic mass is 9.95. The Morgan fingerprint density at radius 2 is 1.96 bits per heavy atom. The van der Waals surface area contributed by atoms with Crippen molar-refractivity contribution in [2.75, 3.05) is 18.4 Å². The van der Waals surface area contributed by atoms with Crippen molar-refractivity contribution in [3.63, 3.8) is 0 Å². The second kappa shape index (κ2) is 8.35. The molecule has 3 rings (SSSR count). The normalized spacial score (nSPS) is 16.0. The van der Waals surface area contributed by atoms with E-state index < -0.39 is 0 Å². The molecule has 2 aromatic carbocycles. The van der Waals surface area contributed by atoms with E-state index in [2.05, 4.69) is 57.3 Å². The summed E-state index contributed by atoms with van der Waals surface area (Å²) < 4.78 is 0.830. The van der Waals surface area contributed by atoms with E-state index in [9.17, 15) is 4.79 Å². The molecular weight excluding hydrogens is 400 g/mol. The van der Waals surface area contributed by atoms with Crippen LogP contribution >= 0.6 is 27.5 Å². The molecule has 132 valence electrons. The number of nitrogens with one attached hydrogen (secondary N) is 1. The first-order chi connectivity index (χ1) is 12.0. The van der Waals surface area contributed by atoms with Crippen LogP contribution in [0, 0.1) is 12.8 Å². The van der Waals surface area contributed by atoms with Gasteiger partial charge >= 0.3 is 0 Å². The average Bonchev–Trinajstić information content (AvgIpc) is 2.61. The molecule has 3 nitrogen and oxygen atoms in total. The van der Waals surface area contributed by atoms with Crippen molar-refractivity contribution in [1.82, 2.24) is 4.90 Å². The van der Waals surface area contributed by atoms with E-state index >= 15 is 0 Å². The van der Waals surface area contributed by atoms with Crippen molar-refractivity contribution in [3.05, 3.63) is 63.1 Å². The SMILES string of the molecule is Cc1ccccc1CN1CCC(C(=O)Nc2ccc(Br)c(Cl)c2)CC1. The summed E-state index contributed by atoms with van der Waals surface area (Å²) in [5, 5.41) is 3.59. The fraction of sp³-hybridized carbons (Fsp3) is 0.350. The number of halogens is 2. The van der Waals surface area contributed by atoms with Crippen molar-refractivity contribution >= 4 is 39.1 Å². The van der Waals surface area contributed by atoms with Gasteiger partial charge in [0.2, 0.25) is 5.91 Å². The second-order valence-corrected chi connectivity index (χ2v) is 7.86. The minimum absolute atomic E-state index is 0.0653. The van der Waals surface area contributed by atoms with Crippen LogP contribution in [-0.4, -0.2) is 23.9 Å². The molecule has 1 saturated heterocycles. The maximum absolute atomic E-state index is 12.5. The molecule has 1 amide bonds. The molecule has 0 atom stereocenters. The topological polar surface area (TPSA) is 32.3 Å². The lowest BCUT2D eigenvalue weighted by Crippen LogP contribution is -2.37. The van der Waals surface area contributed by atoms with Crippen LogP contribution in [0.15, 0.2) is 46.9 Å². The molecule has 0 bridgehead atoms. The maximum Gasteiger partial charge on any atom is 0.227 e. The number of nitrogens with zero attached hydrogens (tertiary/aromatic N) is 1. The molecule has 25 heavy (non-hydrogen) atoms. The lowest BCUT2D eigenvalue weighted by Gasteiger charge is -2.31. The van der Waals surface area contributed by atoms with Crippen molar-refractivity contribution in [1.29, 1.82) is 0 Å². The van der Waals surface area contributed by atoms with E-state index in [-0.39, 0.29) is 11.8 Å². The minimum Gasteiger partial charge on any atom is -0.326 e. The Bertz CT molecular complexity index is 757. The van der Waals surface area contributed by atoms with Crippen molar-refractivity contribution in [2.24, 2.45) is 5.92 Å². The van der Waals surface area contributed by atoms with Gasteiger partial charge in [0.05, 0.1) is 5.02 Å². The number of likely N-dealkylation sites (tertiary alicyclic amines) is 1. The Balaban J connectivity index is 1.52. The highest BCUT2D eigenvalue weighted by atomic mass is 79.9. The Morgan fingerprint density at radius 1 is 1.24 bits per heavy atom. The van der Waals surface area contributed by atoms with Crippen LogP contribution in [0.3, 0.4) is 0 Å². The van der Waals surface area contributed by atoms with Crippen LogP contribution < -0.4 is 5.32 Å². The summed E-state index contributed by atoms with van der Waals surface area (Å²) in [7, 11) is 0. The highest BCUT2D eigenvalue weighted by molar-refractivity contribution is 9.10. The van der Waals surface area contributed by atoms with E-state index in [0.717, 1.165) is 42.6 Å². The smallest absolute Gasteiger partial charge is 0.227 e. The molecular formula is C20H22BrClN2O. The van der Waals surface area contributed by atoms with Crippen LogP contribution in [0.25, 0.3) is 0 Å². The molecule has 1 fully saturated rings. The molecule has 0 saturated carbocycles. The van der Waals surface area contributed by atoms with Gasteiger partial charge in [-0.1, -0.05) is 35.9 Å². The zero-order valence-electron chi connectivity index (χ0n) is 14.3. The van der Waals surface area contributed by atoms with Gasteiger partial charge < -0.3 is 5.32 Å². The molecule has 5 heteroatoms. The third kappa shape index (κ3) is 4.84. The van der Waals surface area contributed by atoms with Gasteiger partial charge in [-0.15, -0.1) is 0 Å². The third-order valence-corrected chi connectivity index (χ3v) is 6.03. The molecule has 0 unspecified atom stereocenters. The summed E-state index contributed by atoms with van der Waals surface area (Å²) in [5.74, 6) is 0.157. The highest BCUT2D eigenvalue weighted by Crippen LogP contribution is 2.27. The zero-order valence-corrected chi connectivity index (χ0v) is 16.6. The summed E-state index contributed by atoms with van der Waals surface area (Å²) in [6.07, 6.45) is 1.78. The molecule has 0 aromatic heterocycles. The van der Waals surface area contributed by atoms with Crippen LogP contribution in [0.4, 0.5) is 5.69 Å². The Morgan fingerprint density at radius 3 is 2.64 bits per heavy atom. The summed E-state index contributed by atoms with van der Waals surface area (Å²) in [5.41, 5.74) is 3.45. The Kier molecular flexibility index (Phi) is 6.15.